The molecule has 0 amide bonds. The van der Waals surface area contributed by atoms with Crippen molar-refractivity contribution in [3.63, 3.8) is 0 Å². The van der Waals surface area contributed by atoms with Crippen molar-refractivity contribution in [3.8, 4) is 0 Å². The molecule has 4 saturated carbocycles. The average molecular weight is 417 g/mol. The van der Waals surface area contributed by atoms with E-state index in [1.807, 2.05) is 0 Å². The van der Waals surface area contributed by atoms with E-state index in [0.717, 1.165) is 49.5 Å². The fourth-order valence-electron chi connectivity index (χ4n) is 10.3. The minimum absolute atomic E-state index is 0.0389. The maximum Gasteiger partial charge on any atom is 0.171 e. The van der Waals surface area contributed by atoms with E-state index >= 15 is 0 Å². The predicted molar refractivity (Wildman–Crippen MR) is 118 cm³/mol. The summed E-state index contributed by atoms with van der Waals surface area (Å²) in [5.74, 6) is 4.93. The summed E-state index contributed by atoms with van der Waals surface area (Å²) < 4.78 is 13.4. The lowest BCUT2D eigenvalue weighted by molar-refractivity contribution is -0.273. The zero-order valence-electron chi connectivity index (χ0n) is 19.7. The lowest BCUT2D eigenvalue weighted by Crippen LogP contribution is -2.55. The summed E-state index contributed by atoms with van der Waals surface area (Å²) in [6.07, 6.45) is 12.9. The molecule has 0 bridgehead atoms. The van der Waals surface area contributed by atoms with Gasteiger partial charge in [0.1, 0.15) is 0 Å². The van der Waals surface area contributed by atoms with E-state index in [-0.39, 0.29) is 11.9 Å². The van der Waals surface area contributed by atoms with E-state index in [0.29, 0.717) is 34.7 Å². The second kappa shape index (κ2) is 6.70. The van der Waals surface area contributed by atoms with Gasteiger partial charge in [-0.05, 0) is 104 Å². The van der Waals surface area contributed by atoms with E-state index in [9.17, 15) is 5.11 Å². The van der Waals surface area contributed by atoms with Crippen LogP contribution in [0.2, 0.25) is 0 Å². The lowest BCUT2D eigenvalue weighted by atomic mass is 9.44. The van der Waals surface area contributed by atoms with Crippen molar-refractivity contribution in [1.82, 2.24) is 0 Å². The molecule has 3 nitrogen and oxygen atoms in total. The molecule has 0 aromatic rings. The molecule has 0 radical (unpaired) electrons. The van der Waals surface area contributed by atoms with E-state index in [1.165, 1.54) is 44.9 Å². The first-order chi connectivity index (χ1) is 14.3. The summed E-state index contributed by atoms with van der Waals surface area (Å²) >= 11 is 0. The Morgan fingerprint density at radius 1 is 0.833 bits per heavy atom. The molecular formula is C27H44O3. The Balaban J connectivity index is 1.26. The van der Waals surface area contributed by atoms with E-state index in [1.54, 1.807) is 0 Å². The highest BCUT2D eigenvalue weighted by molar-refractivity contribution is 5.15. The Bertz CT molecular complexity index is 684. The van der Waals surface area contributed by atoms with Gasteiger partial charge in [-0.25, -0.2) is 0 Å². The highest BCUT2D eigenvalue weighted by Gasteiger charge is 2.69. The molecule has 3 heteroatoms. The number of aliphatic hydroxyl groups excluding tert-OH is 1. The molecule has 0 unspecified atom stereocenters. The molecule has 4 aliphatic carbocycles. The third-order valence-electron chi connectivity index (χ3n) is 11.9. The lowest BCUT2D eigenvalue weighted by Gasteiger charge is -2.61. The molecule has 0 aromatic carbocycles. The van der Waals surface area contributed by atoms with Gasteiger partial charge in [0.25, 0.3) is 0 Å². The summed E-state index contributed by atoms with van der Waals surface area (Å²) in [6.45, 7) is 10.9. The maximum absolute atomic E-state index is 10.3. The van der Waals surface area contributed by atoms with Crippen molar-refractivity contribution in [2.45, 2.75) is 110 Å². The highest BCUT2D eigenvalue weighted by atomic mass is 16.7. The van der Waals surface area contributed by atoms with Crippen LogP contribution in [0.4, 0.5) is 0 Å². The second-order valence-corrected chi connectivity index (χ2v) is 13.1. The smallest absolute Gasteiger partial charge is 0.171 e. The van der Waals surface area contributed by atoms with Crippen molar-refractivity contribution < 1.29 is 14.6 Å². The van der Waals surface area contributed by atoms with Crippen LogP contribution in [0, 0.1) is 52.3 Å². The molecule has 170 valence electrons. The molecule has 2 saturated heterocycles. The molecule has 6 rings (SSSR count). The zero-order chi connectivity index (χ0) is 20.9. The quantitative estimate of drug-likeness (QED) is 0.543. The molecule has 2 aliphatic heterocycles. The third-order valence-corrected chi connectivity index (χ3v) is 11.9. The first kappa shape index (κ1) is 20.5. The van der Waals surface area contributed by atoms with Gasteiger partial charge in [0, 0.05) is 12.3 Å². The minimum atomic E-state index is -0.282. The van der Waals surface area contributed by atoms with E-state index < -0.39 is 0 Å². The summed E-state index contributed by atoms with van der Waals surface area (Å²) in [5.41, 5.74) is 0.899. The van der Waals surface area contributed by atoms with Gasteiger partial charge in [-0.2, -0.15) is 0 Å². The van der Waals surface area contributed by atoms with Gasteiger partial charge in [-0.15, -0.1) is 0 Å². The SMILES string of the molecule is C[C@@H]1CC[C@@]2(OC1)O[C@H]1C[C@H]3[C@H]4CC[C@H]5C[C@@H](O)CC[C@]5(C)[C@@H]4CC[C@]3(C)[C@@H]1[C@@H]2C. The first-order valence-electron chi connectivity index (χ1n) is 13.3. The number of fused-ring (bicyclic) bond motifs is 7. The van der Waals surface area contributed by atoms with Crippen LogP contribution in [0.25, 0.3) is 0 Å². The van der Waals surface area contributed by atoms with Gasteiger partial charge >= 0.3 is 0 Å². The highest BCUT2D eigenvalue weighted by Crippen LogP contribution is 2.71. The average Bonchev–Trinajstić information content (AvgIpc) is 3.16. The monoisotopic (exact) mass is 416 g/mol. The Morgan fingerprint density at radius 2 is 1.63 bits per heavy atom. The van der Waals surface area contributed by atoms with Crippen LogP contribution in [0.5, 0.6) is 0 Å². The molecule has 2 heterocycles. The van der Waals surface area contributed by atoms with Crippen molar-refractivity contribution in [2.75, 3.05) is 6.61 Å². The molecule has 0 aromatic heterocycles. The van der Waals surface area contributed by atoms with Crippen LogP contribution in [0.15, 0.2) is 0 Å². The maximum atomic E-state index is 10.3. The van der Waals surface area contributed by atoms with Crippen molar-refractivity contribution in [1.29, 1.82) is 0 Å². The fourth-order valence-corrected chi connectivity index (χ4v) is 10.3. The summed E-state index contributed by atoms with van der Waals surface area (Å²) in [5, 5.41) is 10.3. The van der Waals surface area contributed by atoms with Gasteiger partial charge < -0.3 is 14.6 Å². The summed E-state index contributed by atoms with van der Waals surface area (Å²) in [4.78, 5) is 0. The van der Waals surface area contributed by atoms with Crippen LogP contribution in [0.1, 0.15) is 91.9 Å². The van der Waals surface area contributed by atoms with Gasteiger partial charge in [0.2, 0.25) is 0 Å². The minimum Gasteiger partial charge on any atom is -0.393 e. The number of aliphatic hydroxyl groups is 1. The number of rotatable bonds is 0. The number of ether oxygens (including phenoxy) is 2. The molecule has 1 N–H and O–H groups in total. The Hall–Kier alpha value is -0.120. The normalized spacial score (nSPS) is 62.5. The number of hydrogen-bond donors (Lipinski definition) is 1. The van der Waals surface area contributed by atoms with Crippen molar-refractivity contribution >= 4 is 0 Å². The van der Waals surface area contributed by atoms with Crippen LogP contribution in [-0.2, 0) is 9.47 Å². The molecule has 12 atom stereocenters. The van der Waals surface area contributed by atoms with Crippen LogP contribution in [0.3, 0.4) is 0 Å². The third kappa shape index (κ3) is 2.61. The van der Waals surface area contributed by atoms with Crippen molar-refractivity contribution in [2.24, 2.45) is 52.3 Å². The topological polar surface area (TPSA) is 38.7 Å². The largest absolute Gasteiger partial charge is 0.393 e. The van der Waals surface area contributed by atoms with Gasteiger partial charge in [-0.3, -0.25) is 0 Å². The van der Waals surface area contributed by atoms with E-state index in [4.69, 9.17) is 9.47 Å². The van der Waals surface area contributed by atoms with Gasteiger partial charge in [-0.1, -0.05) is 27.7 Å². The van der Waals surface area contributed by atoms with Crippen LogP contribution in [-0.4, -0.2) is 29.7 Å². The second-order valence-electron chi connectivity index (χ2n) is 13.1. The Morgan fingerprint density at radius 3 is 2.40 bits per heavy atom. The van der Waals surface area contributed by atoms with Crippen LogP contribution < -0.4 is 0 Å². The standard InChI is InChI=1S/C27H44O3/c1-16-7-12-27(29-15-16)17(2)24-23(30-27)14-22-20-6-5-18-13-19(28)8-10-25(18,3)21(20)9-11-26(22,24)4/h16-24,28H,5-15H2,1-4H3/t16-,17+,18+,19+,20+,21-,22+,23+,24-,25+,26+,27-/m1/s1. The summed E-state index contributed by atoms with van der Waals surface area (Å²) in [7, 11) is 0. The Labute approximate surface area is 183 Å². The molecule has 6 aliphatic rings. The zero-order valence-corrected chi connectivity index (χ0v) is 19.7. The predicted octanol–water partition coefficient (Wildman–Crippen LogP) is 5.79. The molecule has 6 fully saturated rings. The number of hydrogen-bond acceptors (Lipinski definition) is 3. The van der Waals surface area contributed by atoms with Crippen molar-refractivity contribution in [3.05, 3.63) is 0 Å². The first-order valence-corrected chi connectivity index (χ1v) is 13.3. The van der Waals surface area contributed by atoms with Crippen LogP contribution >= 0.6 is 0 Å². The molecular weight excluding hydrogens is 372 g/mol. The Kier molecular flexibility index (Phi) is 4.58. The molecule has 1 spiro atoms. The van der Waals surface area contributed by atoms with Gasteiger partial charge in [0.05, 0.1) is 18.8 Å². The van der Waals surface area contributed by atoms with E-state index in [2.05, 4.69) is 27.7 Å². The molecule has 30 heavy (non-hydrogen) atoms. The van der Waals surface area contributed by atoms with Gasteiger partial charge in [0.15, 0.2) is 5.79 Å². The fraction of sp³-hybridized carbons (Fsp3) is 1.00. The summed E-state index contributed by atoms with van der Waals surface area (Å²) in [6, 6.07) is 0.